The Morgan fingerprint density at radius 1 is 1.44 bits per heavy atom. The van der Waals surface area contributed by atoms with E-state index in [1.54, 1.807) is 12.1 Å². The van der Waals surface area contributed by atoms with Crippen LogP contribution in [0.15, 0.2) is 22.1 Å². The van der Waals surface area contributed by atoms with Crippen LogP contribution in [0.1, 0.15) is 22.5 Å². The van der Waals surface area contributed by atoms with Crippen molar-refractivity contribution >= 4 is 33.2 Å². The highest BCUT2D eigenvalue weighted by Gasteiger charge is 2.21. The molecule has 0 amide bonds. The van der Waals surface area contributed by atoms with Crippen LogP contribution in [0.25, 0.3) is 10.7 Å². The van der Waals surface area contributed by atoms with Crippen molar-refractivity contribution in [1.82, 2.24) is 9.97 Å². The molecule has 0 fully saturated rings. The number of halogens is 3. The van der Waals surface area contributed by atoms with Crippen LogP contribution in [-0.4, -0.2) is 21.0 Å². The maximum Gasteiger partial charge on any atom is 0.339 e. The fourth-order valence-electron chi connectivity index (χ4n) is 1.28. The van der Waals surface area contributed by atoms with E-state index in [-0.39, 0.29) is 5.82 Å². The molecule has 0 unspecified atom stereocenters. The lowest BCUT2D eigenvalue weighted by Gasteiger charge is -2.05. The smallest absolute Gasteiger partial charge is 0.339 e. The second-order valence-electron chi connectivity index (χ2n) is 3.20. The SMILES string of the molecule is O=C(O)c1cnc(-c2ccc(Br)s2)nc1C(F)F. The van der Waals surface area contributed by atoms with E-state index in [1.807, 2.05) is 0 Å². The van der Waals surface area contributed by atoms with Gasteiger partial charge < -0.3 is 5.11 Å². The first-order valence-electron chi connectivity index (χ1n) is 4.63. The van der Waals surface area contributed by atoms with Crippen LogP contribution < -0.4 is 0 Å². The van der Waals surface area contributed by atoms with Crippen LogP contribution in [0.4, 0.5) is 8.78 Å². The van der Waals surface area contributed by atoms with Gasteiger partial charge in [0.05, 0.1) is 8.66 Å². The van der Waals surface area contributed by atoms with E-state index in [0.717, 1.165) is 9.98 Å². The van der Waals surface area contributed by atoms with Crippen LogP contribution in [0.2, 0.25) is 0 Å². The highest BCUT2D eigenvalue weighted by molar-refractivity contribution is 9.11. The van der Waals surface area contributed by atoms with Crippen LogP contribution in [0.5, 0.6) is 0 Å². The van der Waals surface area contributed by atoms with E-state index in [4.69, 9.17) is 5.11 Å². The zero-order valence-corrected chi connectivity index (χ0v) is 11.0. The minimum atomic E-state index is -2.96. The van der Waals surface area contributed by atoms with Crippen LogP contribution in [0.3, 0.4) is 0 Å². The predicted octanol–water partition coefficient (Wildman–Crippen LogP) is 3.60. The van der Waals surface area contributed by atoms with E-state index >= 15 is 0 Å². The lowest BCUT2D eigenvalue weighted by atomic mass is 10.2. The van der Waals surface area contributed by atoms with Crippen molar-refractivity contribution in [3.8, 4) is 10.7 Å². The second kappa shape index (κ2) is 5.07. The molecule has 0 aliphatic carbocycles. The molecule has 1 N–H and O–H groups in total. The summed E-state index contributed by atoms with van der Waals surface area (Å²) in [5.41, 5.74) is -1.35. The third-order valence-electron chi connectivity index (χ3n) is 2.05. The highest BCUT2D eigenvalue weighted by atomic mass is 79.9. The first-order chi connectivity index (χ1) is 8.49. The van der Waals surface area contributed by atoms with Crippen molar-refractivity contribution in [2.24, 2.45) is 0 Å². The monoisotopic (exact) mass is 334 g/mol. The Morgan fingerprint density at radius 2 is 2.17 bits per heavy atom. The number of aromatic nitrogens is 2. The largest absolute Gasteiger partial charge is 0.478 e. The van der Waals surface area contributed by atoms with Gasteiger partial charge in [0.2, 0.25) is 0 Å². The molecule has 0 aliphatic rings. The molecule has 0 saturated heterocycles. The Kier molecular flexibility index (Phi) is 3.67. The quantitative estimate of drug-likeness (QED) is 0.931. The number of hydrogen-bond donors (Lipinski definition) is 1. The van der Waals surface area contributed by atoms with Gasteiger partial charge in [-0.1, -0.05) is 0 Å². The van der Waals surface area contributed by atoms with Gasteiger partial charge in [-0.3, -0.25) is 0 Å². The fraction of sp³-hybridized carbons (Fsp3) is 0.100. The van der Waals surface area contributed by atoms with Crippen molar-refractivity contribution < 1.29 is 18.7 Å². The average molecular weight is 335 g/mol. The van der Waals surface area contributed by atoms with Crippen molar-refractivity contribution in [1.29, 1.82) is 0 Å². The summed E-state index contributed by atoms with van der Waals surface area (Å²) in [5, 5.41) is 8.76. The topological polar surface area (TPSA) is 63.1 Å². The number of alkyl halides is 2. The maximum absolute atomic E-state index is 12.7. The van der Waals surface area contributed by atoms with E-state index in [1.165, 1.54) is 11.3 Å². The molecule has 8 heteroatoms. The third-order valence-corrected chi connectivity index (χ3v) is 3.67. The zero-order valence-electron chi connectivity index (χ0n) is 8.60. The first-order valence-corrected chi connectivity index (χ1v) is 6.24. The number of carboxylic acids is 1. The van der Waals surface area contributed by atoms with Gasteiger partial charge in [-0.15, -0.1) is 11.3 Å². The fourth-order valence-corrected chi connectivity index (χ4v) is 2.61. The van der Waals surface area contributed by atoms with Crippen molar-refractivity contribution in [3.63, 3.8) is 0 Å². The summed E-state index contributed by atoms with van der Waals surface area (Å²) in [7, 11) is 0. The molecule has 0 aliphatic heterocycles. The summed E-state index contributed by atoms with van der Waals surface area (Å²) < 4.78 is 26.3. The molecule has 0 bridgehead atoms. The average Bonchev–Trinajstić information content (AvgIpc) is 2.75. The van der Waals surface area contributed by atoms with Gasteiger partial charge in [-0.05, 0) is 28.1 Å². The molecule has 0 spiro atoms. The van der Waals surface area contributed by atoms with E-state index in [2.05, 4.69) is 25.9 Å². The van der Waals surface area contributed by atoms with Gasteiger partial charge in [-0.25, -0.2) is 23.5 Å². The molecule has 0 atom stereocenters. The van der Waals surface area contributed by atoms with Crippen molar-refractivity contribution in [2.75, 3.05) is 0 Å². The van der Waals surface area contributed by atoms with Gasteiger partial charge in [0.15, 0.2) is 5.82 Å². The van der Waals surface area contributed by atoms with Crippen molar-refractivity contribution in [2.45, 2.75) is 6.43 Å². The van der Waals surface area contributed by atoms with E-state index in [0.29, 0.717) is 4.88 Å². The summed E-state index contributed by atoms with van der Waals surface area (Å²) in [6, 6.07) is 3.40. The molecule has 0 radical (unpaired) electrons. The molecular weight excluding hydrogens is 330 g/mol. The lowest BCUT2D eigenvalue weighted by molar-refractivity contribution is 0.0681. The molecule has 2 rings (SSSR count). The number of hydrogen-bond acceptors (Lipinski definition) is 4. The molecule has 0 saturated carbocycles. The zero-order chi connectivity index (χ0) is 13.3. The van der Waals surface area contributed by atoms with Crippen LogP contribution in [-0.2, 0) is 0 Å². The summed E-state index contributed by atoms with van der Waals surface area (Å²) in [6.45, 7) is 0. The van der Waals surface area contributed by atoms with E-state index < -0.39 is 23.7 Å². The lowest BCUT2D eigenvalue weighted by Crippen LogP contribution is -2.07. The van der Waals surface area contributed by atoms with Gasteiger partial charge in [0.1, 0.15) is 11.3 Å². The Balaban J connectivity index is 2.53. The molecule has 2 aromatic rings. The van der Waals surface area contributed by atoms with Crippen LogP contribution >= 0.6 is 27.3 Å². The highest BCUT2D eigenvalue weighted by Crippen LogP contribution is 2.30. The molecule has 94 valence electrons. The van der Waals surface area contributed by atoms with Gasteiger partial charge in [0, 0.05) is 6.20 Å². The number of carboxylic acid groups (broad SMARTS) is 1. The number of thiophene rings is 1. The Hall–Kier alpha value is -1.41. The first kappa shape index (κ1) is 13.0. The van der Waals surface area contributed by atoms with Gasteiger partial charge in [-0.2, -0.15) is 0 Å². The number of aromatic carboxylic acids is 1. The van der Waals surface area contributed by atoms with Gasteiger partial charge in [0.25, 0.3) is 6.43 Å². The summed E-state index contributed by atoms with van der Waals surface area (Å²) >= 11 is 4.51. The molecule has 2 heterocycles. The minimum absolute atomic E-state index is 0.0889. The number of carbonyl (C=O) groups is 1. The third kappa shape index (κ3) is 2.54. The molecule has 4 nitrogen and oxygen atoms in total. The summed E-state index contributed by atoms with van der Waals surface area (Å²) in [6.07, 6.45) is -2.05. The molecular formula is C10H5BrF2N2O2S. The molecule has 0 aromatic carbocycles. The van der Waals surface area contributed by atoms with E-state index in [9.17, 15) is 13.6 Å². The second-order valence-corrected chi connectivity index (χ2v) is 5.67. The summed E-state index contributed by atoms with van der Waals surface area (Å²) in [4.78, 5) is 18.8. The van der Waals surface area contributed by atoms with Crippen molar-refractivity contribution in [3.05, 3.63) is 33.4 Å². The molecule has 18 heavy (non-hydrogen) atoms. The van der Waals surface area contributed by atoms with Gasteiger partial charge >= 0.3 is 5.97 Å². The molecule has 2 aromatic heterocycles. The normalized spacial score (nSPS) is 10.9. The Morgan fingerprint density at radius 3 is 2.67 bits per heavy atom. The standard InChI is InChI=1S/C10H5BrF2N2O2S/c11-6-2-1-5(18-6)9-14-3-4(10(16)17)7(15-9)8(12)13/h1-3,8H,(H,16,17). The Bertz CT molecular complexity index is 603. The number of rotatable bonds is 3. The Labute approximate surface area is 112 Å². The predicted molar refractivity (Wildman–Crippen MR) is 65.0 cm³/mol. The minimum Gasteiger partial charge on any atom is -0.478 e. The van der Waals surface area contributed by atoms with Crippen LogP contribution in [0, 0.1) is 0 Å². The summed E-state index contributed by atoms with van der Waals surface area (Å²) in [5.74, 6) is -1.38. The maximum atomic E-state index is 12.7. The number of nitrogens with zero attached hydrogens (tertiary/aromatic N) is 2.